The highest BCUT2D eigenvalue weighted by molar-refractivity contribution is 7.92. The van der Waals surface area contributed by atoms with Crippen LogP contribution in [0.3, 0.4) is 0 Å². The Balaban J connectivity index is 2.49. The minimum atomic E-state index is -3.93. The summed E-state index contributed by atoms with van der Waals surface area (Å²) in [6.45, 7) is 5.49. The van der Waals surface area contributed by atoms with Crippen LogP contribution in [0, 0.1) is 5.92 Å². The topological polar surface area (TPSA) is 86.8 Å². The molecule has 1 atom stereocenters. The lowest BCUT2D eigenvalue weighted by Gasteiger charge is -2.33. The quantitative estimate of drug-likeness (QED) is 0.363. The third-order valence-corrected chi connectivity index (χ3v) is 7.54. The Kier molecular flexibility index (Phi) is 11.2. The number of sulfonamides is 1. The van der Waals surface area contributed by atoms with Crippen LogP contribution in [-0.4, -0.2) is 50.5 Å². The fraction of sp³-hybridized carbons (Fsp3) is 0.417. The highest BCUT2D eigenvalue weighted by Gasteiger charge is 2.32. The Hall–Kier alpha value is -1.71. The van der Waals surface area contributed by atoms with Crippen molar-refractivity contribution in [1.82, 2.24) is 10.2 Å². The van der Waals surface area contributed by atoms with Crippen molar-refractivity contribution in [3.8, 4) is 0 Å². The standard InChI is InChI=1S/C24H29Cl4N3O4S/c1-5-21(24(33)29-12-15(2)3)30(13-16-6-7-17(25)10-19(16)27)23(32)14-31(36(4,34)35)22-9-8-18(26)11-20(22)28/h6-11,15,21H,5,12-14H2,1-4H3,(H,29,33)/t21-/m0/s1. The van der Waals surface area contributed by atoms with Crippen molar-refractivity contribution in [1.29, 1.82) is 0 Å². The summed E-state index contributed by atoms with van der Waals surface area (Å²) in [6, 6.07) is 8.25. The Labute approximate surface area is 232 Å². The number of benzene rings is 2. The molecule has 0 aliphatic carbocycles. The SMILES string of the molecule is CC[C@@H](C(=O)NCC(C)C)N(Cc1ccc(Cl)cc1Cl)C(=O)CN(c1ccc(Cl)cc1Cl)S(C)(=O)=O. The van der Waals surface area contributed by atoms with Gasteiger partial charge in [0.2, 0.25) is 21.8 Å². The number of rotatable bonds is 11. The van der Waals surface area contributed by atoms with E-state index in [-0.39, 0.29) is 29.1 Å². The predicted molar refractivity (Wildman–Crippen MR) is 148 cm³/mol. The molecule has 0 unspecified atom stereocenters. The lowest BCUT2D eigenvalue weighted by molar-refractivity contribution is -0.140. The molecule has 0 saturated carbocycles. The summed E-state index contributed by atoms with van der Waals surface area (Å²) in [6.07, 6.45) is 1.26. The van der Waals surface area contributed by atoms with E-state index < -0.39 is 28.5 Å². The molecular weight excluding hydrogens is 568 g/mol. The van der Waals surface area contributed by atoms with E-state index in [1.54, 1.807) is 19.1 Å². The normalized spacial score (nSPS) is 12.4. The molecule has 1 N–H and O–H groups in total. The first kappa shape index (κ1) is 30.5. The van der Waals surface area contributed by atoms with Crippen LogP contribution in [0.5, 0.6) is 0 Å². The van der Waals surface area contributed by atoms with Crippen molar-refractivity contribution < 1.29 is 18.0 Å². The number of anilines is 1. The third kappa shape index (κ3) is 8.42. The molecule has 0 spiro atoms. The highest BCUT2D eigenvalue weighted by Crippen LogP contribution is 2.31. The Morgan fingerprint density at radius 3 is 2.06 bits per heavy atom. The zero-order valence-electron chi connectivity index (χ0n) is 20.4. The van der Waals surface area contributed by atoms with E-state index in [1.807, 2.05) is 13.8 Å². The second kappa shape index (κ2) is 13.2. The largest absolute Gasteiger partial charge is 0.354 e. The average Bonchev–Trinajstić information content (AvgIpc) is 2.77. The van der Waals surface area contributed by atoms with Crippen LogP contribution in [0.1, 0.15) is 32.8 Å². The first-order chi connectivity index (χ1) is 16.7. The fourth-order valence-electron chi connectivity index (χ4n) is 3.45. The molecule has 0 saturated heterocycles. The van der Waals surface area contributed by atoms with Crippen LogP contribution in [0.25, 0.3) is 0 Å². The first-order valence-corrected chi connectivity index (χ1v) is 14.5. The van der Waals surface area contributed by atoms with Crippen LogP contribution >= 0.6 is 46.4 Å². The number of carbonyl (C=O) groups is 2. The van der Waals surface area contributed by atoms with Crippen LogP contribution < -0.4 is 9.62 Å². The number of halogens is 4. The van der Waals surface area contributed by atoms with Crippen molar-refractivity contribution in [2.24, 2.45) is 5.92 Å². The molecule has 2 aromatic carbocycles. The van der Waals surface area contributed by atoms with Gasteiger partial charge in [-0.1, -0.05) is 73.2 Å². The van der Waals surface area contributed by atoms with E-state index in [1.165, 1.54) is 29.2 Å². The van der Waals surface area contributed by atoms with Gasteiger partial charge in [-0.25, -0.2) is 8.42 Å². The minimum absolute atomic E-state index is 0.0333. The summed E-state index contributed by atoms with van der Waals surface area (Å²) in [5.74, 6) is -0.752. The van der Waals surface area contributed by atoms with Crippen molar-refractivity contribution in [3.05, 3.63) is 62.1 Å². The number of carbonyl (C=O) groups excluding carboxylic acids is 2. The van der Waals surface area contributed by atoms with Gasteiger partial charge in [-0.3, -0.25) is 13.9 Å². The molecule has 2 amide bonds. The second-order valence-corrected chi connectivity index (χ2v) is 12.3. The predicted octanol–water partition coefficient (Wildman–Crippen LogP) is 5.65. The van der Waals surface area contributed by atoms with Gasteiger partial charge in [-0.05, 0) is 48.2 Å². The van der Waals surface area contributed by atoms with E-state index in [2.05, 4.69) is 5.32 Å². The summed E-state index contributed by atoms with van der Waals surface area (Å²) in [5, 5.41) is 3.97. The summed E-state index contributed by atoms with van der Waals surface area (Å²) in [5.41, 5.74) is 0.652. The van der Waals surface area contributed by atoms with E-state index >= 15 is 0 Å². The minimum Gasteiger partial charge on any atom is -0.354 e. The molecule has 2 rings (SSSR count). The summed E-state index contributed by atoms with van der Waals surface area (Å²) < 4.78 is 26.2. The maximum Gasteiger partial charge on any atom is 0.244 e. The van der Waals surface area contributed by atoms with Crippen LogP contribution in [-0.2, 0) is 26.2 Å². The van der Waals surface area contributed by atoms with Gasteiger partial charge in [0.1, 0.15) is 12.6 Å². The van der Waals surface area contributed by atoms with Gasteiger partial charge in [0.05, 0.1) is 17.0 Å². The second-order valence-electron chi connectivity index (χ2n) is 8.69. The van der Waals surface area contributed by atoms with Gasteiger partial charge in [-0.2, -0.15) is 0 Å². The molecule has 2 aromatic rings. The fourth-order valence-corrected chi connectivity index (χ4v) is 5.34. The molecule has 0 radical (unpaired) electrons. The Morgan fingerprint density at radius 2 is 1.56 bits per heavy atom. The van der Waals surface area contributed by atoms with E-state index in [9.17, 15) is 18.0 Å². The molecule has 198 valence electrons. The van der Waals surface area contributed by atoms with Crippen LogP contribution in [0.15, 0.2) is 36.4 Å². The number of nitrogens with zero attached hydrogens (tertiary/aromatic N) is 2. The molecule has 12 heteroatoms. The molecule has 0 aromatic heterocycles. The monoisotopic (exact) mass is 595 g/mol. The van der Waals surface area contributed by atoms with Crippen molar-refractivity contribution in [2.75, 3.05) is 23.7 Å². The average molecular weight is 597 g/mol. The molecule has 0 aliphatic rings. The first-order valence-electron chi connectivity index (χ1n) is 11.2. The lowest BCUT2D eigenvalue weighted by Crippen LogP contribution is -2.52. The van der Waals surface area contributed by atoms with Crippen LogP contribution in [0.4, 0.5) is 5.69 Å². The number of nitrogens with one attached hydrogen (secondary N) is 1. The summed E-state index contributed by atoms with van der Waals surface area (Å²) >= 11 is 24.6. The zero-order valence-corrected chi connectivity index (χ0v) is 24.2. The number of hydrogen-bond acceptors (Lipinski definition) is 4. The van der Waals surface area contributed by atoms with E-state index in [0.717, 1.165) is 10.6 Å². The van der Waals surface area contributed by atoms with Crippen molar-refractivity contribution in [3.63, 3.8) is 0 Å². The lowest BCUT2D eigenvalue weighted by atomic mass is 10.1. The van der Waals surface area contributed by atoms with Gasteiger partial charge in [0.25, 0.3) is 0 Å². The summed E-state index contributed by atoms with van der Waals surface area (Å²) in [4.78, 5) is 28.1. The van der Waals surface area contributed by atoms with E-state index in [0.29, 0.717) is 33.6 Å². The van der Waals surface area contributed by atoms with Gasteiger partial charge < -0.3 is 10.2 Å². The molecule has 36 heavy (non-hydrogen) atoms. The van der Waals surface area contributed by atoms with Gasteiger partial charge >= 0.3 is 0 Å². The molecule has 7 nitrogen and oxygen atoms in total. The number of amides is 2. The van der Waals surface area contributed by atoms with Gasteiger partial charge in [0, 0.05) is 28.2 Å². The Bertz CT molecular complexity index is 1210. The molecular formula is C24H29Cl4N3O4S. The third-order valence-electron chi connectivity index (χ3n) is 5.28. The zero-order chi connectivity index (χ0) is 27.2. The molecule has 0 fully saturated rings. The smallest absolute Gasteiger partial charge is 0.244 e. The molecule has 0 bridgehead atoms. The summed E-state index contributed by atoms with van der Waals surface area (Å²) in [7, 11) is -3.93. The molecule has 0 heterocycles. The van der Waals surface area contributed by atoms with Crippen LogP contribution in [0.2, 0.25) is 20.1 Å². The van der Waals surface area contributed by atoms with Gasteiger partial charge in [0.15, 0.2) is 0 Å². The van der Waals surface area contributed by atoms with E-state index in [4.69, 9.17) is 46.4 Å². The Morgan fingerprint density at radius 1 is 0.972 bits per heavy atom. The van der Waals surface area contributed by atoms with Crippen molar-refractivity contribution >= 4 is 73.9 Å². The number of hydrogen-bond donors (Lipinski definition) is 1. The maximum absolute atomic E-state index is 13.7. The van der Waals surface area contributed by atoms with Crippen molar-refractivity contribution in [2.45, 2.75) is 39.8 Å². The molecule has 0 aliphatic heterocycles. The van der Waals surface area contributed by atoms with Gasteiger partial charge in [-0.15, -0.1) is 0 Å². The highest BCUT2D eigenvalue weighted by atomic mass is 35.5. The maximum atomic E-state index is 13.7.